The summed E-state index contributed by atoms with van der Waals surface area (Å²) in [6.45, 7) is 7.61. The normalized spacial score (nSPS) is 12.1. The van der Waals surface area contributed by atoms with Crippen molar-refractivity contribution in [2.75, 3.05) is 0 Å². The molecule has 0 spiro atoms. The zero-order valence-corrected chi connectivity index (χ0v) is 13.0. The summed E-state index contributed by atoms with van der Waals surface area (Å²) in [5.41, 5.74) is 0. The average molecular weight is 268 g/mol. The Morgan fingerprint density at radius 1 is 1.00 bits per heavy atom. The van der Waals surface area contributed by atoms with Crippen molar-refractivity contribution in [2.45, 2.75) is 90.6 Å². The van der Waals surface area contributed by atoms with Crippen molar-refractivity contribution in [3.8, 4) is 0 Å². The molecule has 112 valence electrons. The molecule has 0 aromatic rings. The molecule has 0 amide bonds. The molecule has 2 heteroatoms. The van der Waals surface area contributed by atoms with Crippen LogP contribution in [0.1, 0.15) is 84.5 Å². The summed E-state index contributed by atoms with van der Waals surface area (Å²) in [5, 5.41) is 0. The van der Waals surface area contributed by atoms with Gasteiger partial charge in [-0.15, -0.1) is 0 Å². The van der Waals surface area contributed by atoms with Crippen LogP contribution in [-0.2, 0) is 9.53 Å². The molecule has 0 bridgehead atoms. The van der Waals surface area contributed by atoms with E-state index in [1.807, 2.05) is 6.92 Å². The van der Waals surface area contributed by atoms with Crippen LogP contribution in [0.4, 0.5) is 0 Å². The molecule has 0 radical (unpaired) electrons. The van der Waals surface area contributed by atoms with E-state index in [4.69, 9.17) is 4.74 Å². The van der Waals surface area contributed by atoms with Gasteiger partial charge in [0.25, 0.3) is 0 Å². The lowest BCUT2D eigenvalue weighted by Gasteiger charge is -2.11. The highest BCUT2D eigenvalue weighted by atomic mass is 16.5. The molecule has 19 heavy (non-hydrogen) atoms. The second-order valence-electron chi connectivity index (χ2n) is 5.42. The predicted molar refractivity (Wildman–Crippen MR) is 82.2 cm³/mol. The van der Waals surface area contributed by atoms with Crippen molar-refractivity contribution >= 4 is 5.97 Å². The van der Waals surface area contributed by atoms with Gasteiger partial charge in [0.15, 0.2) is 0 Å². The minimum atomic E-state index is -0.306. The Morgan fingerprint density at radius 2 is 1.47 bits per heavy atom. The number of ether oxygens (including phenoxy) is 1. The topological polar surface area (TPSA) is 26.3 Å². The highest BCUT2D eigenvalue weighted by molar-refractivity contribution is 5.81. The Kier molecular flexibility index (Phi) is 13.1. The SMILES string of the molecule is C=CC(=O)OC(C)CCCCCCCCCCCC. The van der Waals surface area contributed by atoms with Crippen LogP contribution in [0.3, 0.4) is 0 Å². The summed E-state index contributed by atoms with van der Waals surface area (Å²) in [7, 11) is 0. The zero-order chi connectivity index (χ0) is 14.3. The van der Waals surface area contributed by atoms with Gasteiger partial charge in [0.05, 0.1) is 6.10 Å². The van der Waals surface area contributed by atoms with E-state index in [9.17, 15) is 4.79 Å². The van der Waals surface area contributed by atoms with Gasteiger partial charge in [-0.3, -0.25) is 0 Å². The van der Waals surface area contributed by atoms with Crippen molar-refractivity contribution in [2.24, 2.45) is 0 Å². The minimum absolute atomic E-state index is 0.0274. The smallest absolute Gasteiger partial charge is 0.330 e. The minimum Gasteiger partial charge on any atom is -0.460 e. The van der Waals surface area contributed by atoms with E-state index in [2.05, 4.69) is 13.5 Å². The first kappa shape index (κ1) is 18.2. The summed E-state index contributed by atoms with van der Waals surface area (Å²) in [5.74, 6) is -0.306. The van der Waals surface area contributed by atoms with E-state index in [-0.39, 0.29) is 12.1 Å². The predicted octanol–water partition coefficient (Wildman–Crippen LogP) is 5.42. The van der Waals surface area contributed by atoms with Crippen LogP contribution >= 0.6 is 0 Å². The van der Waals surface area contributed by atoms with Crippen molar-refractivity contribution in [1.82, 2.24) is 0 Å². The molecule has 0 aliphatic rings. The van der Waals surface area contributed by atoms with Crippen molar-refractivity contribution in [1.29, 1.82) is 0 Å². The van der Waals surface area contributed by atoms with Gasteiger partial charge >= 0.3 is 5.97 Å². The first-order chi connectivity index (χ1) is 9.20. The third-order valence-electron chi connectivity index (χ3n) is 3.45. The number of esters is 1. The Morgan fingerprint density at radius 3 is 1.95 bits per heavy atom. The summed E-state index contributed by atoms with van der Waals surface area (Å²) in [4.78, 5) is 11.0. The Labute approximate surface area is 119 Å². The average Bonchev–Trinajstić information content (AvgIpc) is 2.40. The van der Waals surface area contributed by atoms with Gasteiger partial charge in [-0.05, 0) is 19.8 Å². The maximum absolute atomic E-state index is 11.0. The fourth-order valence-corrected chi connectivity index (χ4v) is 2.22. The van der Waals surface area contributed by atoms with Crippen LogP contribution in [0, 0.1) is 0 Å². The molecule has 0 rings (SSSR count). The van der Waals surface area contributed by atoms with Gasteiger partial charge in [-0.2, -0.15) is 0 Å². The lowest BCUT2D eigenvalue weighted by atomic mass is 10.0. The molecule has 0 aromatic carbocycles. The van der Waals surface area contributed by atoms with Gasteiger partial charge in [-0.1, -0.05) is 71.3 Å². The van der Waals surface area contributed by atoms with E-state index in [0.717, 1.165) is 12.8 Å². The molecule has 0 aliphatic carbocycles. The first-order valence-electron chi connectivity index (χ1n) is 8.03. The molecule has 1 unspecified atom stereocenters. The molecular formula is C17H32O2. The second kappa shape index (κ2) is 13.6. The number of rotatable bonds is 13. The number of carbonyl (C=O) groups excluding carboxylic acids is 1. The Hall–Kier alpha value is -0.790. The Bertz CT molecular complexity index is 223. The van der Waals surface area contributed by atoms with Crippen molar-refractivity contribution in [3.05, 3.63) is 12.7 Å². The maximum Gasteiger partial charge on any atom is 0.330 e. The molecule has 0 saturated heterocycles. The monoisotopic (exact) mass is 268 g/mol. The van der Waals surface area contributed by atoms with E-state index >= 15 is 0 Å². The molecule has 2 nitrogen and oxygen atoms in total. The quantitative estimate of drug-likeness (QED) is 0.253. The van der Waals surface area contributed by atoms with Crippen LogP contribution in [-0.4, -0.2) is 12.1 Å². The summed E-state index contributed by atoms with van der Waals surface area (Å²) < 4.78 is 5.13. The summed E-state index contributed by atoms with van der Waals surface area (Å²) in [6, 6.07) is 0. The van der Waals surface area contributed by atoms with Crippen LogP contribution < -0.4 is 0 Å². The maximum atomic E-state index is 11.0. The fraction of sp³-hybridized carbons (Fsp3) is 0.824. The van der Waals surface area contributed by atoms with Gasteiger partial charge < -0.3 is 4.74 Å². The number of hydrogen-bond acceptors (Lipinski definition) is 2. The molecule has 0 fully saturated rings. The van der Waals surface area contributed by atoms with Crippen LogP contribution in [0.25, 0.3) is 0 Å². The van der Waals surface area contributed by atoms with Crippen molar-refractivity contribution in [3.63, 3.8) is 0 Å². The standard InChI is InChI=1S/C17H32O2/c1-4-6-7-8-9-10-11-12-13-14-15-16(3)19-17(18)5-2/h5,16H,2,4,6-15H2,1,3H3. The molecular weight excluding hydrogens is 236 g/mol. The lowest BCUT2D eigenvalue weighted by Crippen LogP contribution is -2.12. The molecule has 0 N–H and O–H groups in total. The Balaban J connectivity index is 3.18. The number of unbranched alkanes of at least 4 members (excludes halogenated alkanes) is 9. The molecule has 1 atom stereocenters. The van der Waals surface area contributed by atoms with E-state index in [1.165, 1.54) is 63.9 Å². The van der Waals surface area contributed by atoms with E-state index in [0.29, 0.717) is 0 Å². The van der Waals surface area contributed by atoms with Gasteiger partial charge in [0.1, 0.15) is 0 Å². The largest absolute Gasteiger partial charge is 0.460 e. The first-order valence-corrected chi connectivity index (χ1v) is 8.03. The second-order valence-corrected chi connectivity index (χ2v) is 5.42. The zero-order valence-electron chi connectivity index (χ0n) is 13.0. The fourth-order valence-electron chi connectivity index (χ4n) is 2.22. The van der Waals surface area contributed by atoms with Crippen LogP contribution in [0.15, 0.2) is 12.7 Å². The van der Waals surface area contributed by atoms with Gasteiger partial charge in [0, 0.05) is 6.08 Å². The summed E-state index contributed by atoms with van der Waals surface area (Å²) in [6.07, 6.45) is 15.6. The van der Waals surface area contributed by atoms with Crippen LogP contribution in [0.2, 0.25) is 0 Å². The van der Waals surface area contributed by atoms with Gasteiger partial charge in [-0.25, -0.2) is 4.79 Å². The highest BCUT2D eigenvalue weighted by Gasteiger charge is 2.05. The molecule has 0 heterocycles. The van der Waals surface area contributed by atoms with Crippen LogP contribution in [0.5, 0.6) is 0 Å². The lowest BCUT2D eigenvalue weighted by molar-refractivity contribution is -0.142. The van der Waals surface area contributed by atoms with E-state index < -0.39 is 0 Å². The summed E-state index contributed by atoms with van der Waals surface area (Å²) >= 11 is 0. The van der Waals surface area contributed by atoms with E-state index in [1.54, 1.807) is 0 Å². The highest BCUT2D eigenvalue weighted by Crippen LogP contribution is 2.12. The molecule has 0 aromatic heterocycles. The number of hydrogen-bond donors (Lipinski definition) is 0. The third kappa shape index (κ3) is 13.4. The molecule has 0 aliphatic heterocycles. The van der Waals surface area contributed by atoms with Crippen molar-refractivity contribution < 1.29 is 9.53 Å². The number of carbonyl (C=O) groups is 1. The molecule has 0 saturated carbocycles. The van der Waals surface area contributed by atoms with Gasteiger partial charge in [0.2, 0.25) is 0 Å². The third-order valence-corrected chi connectivity index (χ3v) is 3.45.